The molecule has 20 heavy (non-hydrogen) atoms. The number of ether oxygens (including phenoxy) is 1. The number of nitrogens with zero attached hydrogens (tertiary/aromatic N) is 1. The summed E-state index contributed by atoms with van der Waals surface area (Å²) in [6.45, 7) is 4.01. The fourth-order valence-corrected chi connectivity index (χ4v) is 3.00. The van der Waals surface area contributed by atoms with Crippen molar-refractivity contribution in [2.24, 2.45) is 0 Å². The second kappa shape index (κ2) is 6.11. The molecule has 1 aromatic rings. The van der Waals surface area contributed by atoms with E-state index in [0.29, 0.717) is 21.5 Å². The second-order valence-corrected chi connectivity index (χ2v) is 5.69. The predicted octanol–water partition coefficient (Wildman–Crippen LogP) is 2.79. The zero-order valence-corrected chi connectivity index (χ0v) is 12.5. The largest absolute Gasteiger partial charge is 0.504 e. The molecule has 1 fully saturated rings. The highest BCUT2D eigenvalue weighted by atomic mass is 32.2. The number of carbonyl (C=O) groups is 1. The van der Waals surface area contributed by atoms with Crippen molar-refractivity contribution in [3.8, 4) is 11.5 Å². The summed E-state index contributed by atoms with van der Waals surface area (Å²) in [6, 6.07) is 4.89. The summed E-state index contributed by atoms with van der Waals surface area (Å²) in [6.07, 6.45) is 3.36. The first kappa shape index (κ1) is 14.6. The van der Waals surface area contributed by atoms with Gasteiger partial charge in [-0.1, -0.05) is 36.1 Å². The number of thiocarbonyl (C=S) groups is 1. The Labute approximate surface area is 126 Å². The molecule has 1 N–H and O–H groups in total. The zero-order valence-electron chi connectivity index (χ0n) is 10.8. The highest BCUT2D eigenvalue weighted by Crippen LogP contribution is 2.34. The highest BCUT2D eigenvalue weighted by molar-refractivity contribution is 8.26. The third kappa shape index (κ3) is 2.86. The number of carbonyl (C=O) groups excluding carboxylic acids is 1. The van der Waals surface area contributed by atoms with Crippen LogP contribution in [0.1, 0.15) is 5.56 Å². The first-order valence-electron chi connectivity index (χ1n) is 5.80. The molecule has 0 unspecified atom stereocenters. The van der Waals surface area contributed by atoms with Gasteiger partial charge in [-0.15, -0.1) is 6.58 Å². The van der Waals surface area contributed by atoms with Gasteiger partial charge in [-0.2, -0.15) is 0 Å². The van der Waals surface area contributed by atoms with Crippen LogP contribution in [0.3, 0.4) is 0 Å². The monoisotopic (exact) mass is 307 g/mol. The van der Waals surface area contributed by atoms with Crippen molar-refractivity contribution in [3.63, 3.8) is 0 Å². The molecule has 1 saturated heterocycles. The van der Waals surface area contributed by atoms with Crippen LogP contribution in [0.4, 0.5) is 0 Å². The Morgan fingerprint density at radius 1 is 1.55 bits per heavy atom. The SMILES string of the molecule is C=CCN1C(=O)C(=Cc2ccc(O)c(OC)c2)SC1=S. The smallest absolute Gasteiger partial charge is 0.266 e. The quantitative estimate of drug-likeness (QED) is 0.526. The van der Waals surface area contributed by atoms with Crippen LogP contribution in [-0.2, 0) is 4.79 Å². The average Bonchev–Trinajstić information content (AvgIpc) is 2.69. The van der Waals surface area contributed by atoms with E-state index in [1.165, 1.54) is 29.8 Å². The fourth-order valence-electron chi connectivity index (χ4n) is 1.72. The van der Waals surface area contributed by atoms with Crippen LogP contribution in [0.15, 0.2) is 35.8 Å². The van der Waals surface area contributed by atoms with E-state index in [1.54, 1.807) is 24.3 Å². The zero-order chi connectivity index (χ0) is 14.7. The Kier molecular flexibility index (Phi) is 4.46. The van der Waals surface area contributed by atoms with Gasteiger partial charge in [0.1, 0.15) is 4.32 Å². The van der Waals surface area contributed by atoms with Gasteiger partial charge in [-0.3, -0.25) is 9.69 Å². The van der Waals surface area contributed by atoms with Gasteiger partial charge >= 0.3 is 0 Å². The van der Waals surface area contributed by atoms with Gasteiger partial charge in [0.05, 0.1) is 12.0 Å². The van der Waals surface area contributed by atoms with E-state index in [1.807, 2.05) is 0 Å². The first-order chi connectivity index (χ1) is 9.56. The standard InChI is InChI=1S/C14H13NO3S2/c1-3-6-15-13(17)12(20-14(15)19)8-9-4-5-10(16)11(7-9)18-2/h3-5,7-8,16H,1,6H2,2H3. The van der Waals surface area contributed by atoms with E-state index in [0.717, 1.165) is 5.56 Å². The second-order valence-electron chi connectivity index (χ2n) is 4.01. The minimum atomic E-state index is -0.132. The van der Waals surface area contributed by atoms with Crippen LogP contribution in [-0.4, -0.2) is 33.9 Å². The number of benzene rings is 1. The molecule has 0 radical (unpaired) electrons. The molecule has 1 aliphatic heterocycles. The van der Waals surface area contributed by atoms with E-state index in [-0.39, 0.29) is 11.7 Å². The normalized spacial score (nSPS) is 16.9. The molecule has 0 saturated carbocycles. The van der Waals surface area contributed by atoms with E-state index in [9.17, 15) is 9.90 Å². The number of hydrogen-bond acceptors (Lipinski definition) is 5. The maximum absolute atomic E-state index is 12.2. The number of hydrogen-bond donors (Lipinski definition) is 1. The Morgan fingerprint density at radius 3 is 2.95 bits per heavy atom. The molecular formula is C14H13NO3S2. The molecule has 2 rings (SSSR count). The third-order valence-corrected chi connectivity index (χ3v) is 4.06. The number of amides is 1. The Hall–Kier alpha value is -1.79. The Bertz CT molecular complexity index is 610. The third-order valence-electron chi connectivity index (χ3n) is 2.69. The summed E-state index contributed by atoms with van der Waals surface area (Å²) < 4.78 is 5.56. The molecule has 0 atom stereocenters. The minimum Gasteiger partial charge on any atom is -0.504 e. The van der Waals surface area contributed by atoms with Crippen molar-refractivity contribution in [2.75, 3.05) is 13.7 Å². The van der Waals surface area contributed by atoms with Gasteiger partial charge in [0, 0.05) is 6.54 Å². The maximum Gasteiger partial charge on any atom is 0.266 e. The minimum absolute atomic E-state index is 0.0591. The molecule has 0 aromatic heterocycles. The number of aromatic hydroxyl groups is 1. The molecule has 104 valence electrons. The van der Waals surface area contributed by atoms with Crippen molar-refractivity contribution in [1.82, 2.24) is 4.90 Å². The molecule has 4 nitrogen and oxygen atoms in total. The predicted molar refractivity (Wildman–Crippen MR) is 84.7 cm³/mol. The van der Waals surface area contributed by atoms with Gasteiger partial charge in [0.25, 0.3) is 5.91 Å². The fraction of sp³-hybridized carbons (Fsp3) is 0.143. The Morgan fingerprint density at radius 2 is 2.30 bits per heavy atom. The lowest BCUT2D eigenvalue weighted by atomic mass is 10.2. The number of phenols is 1. The highest BCUT2D eigenvalue weighted by Gasteiger charge is 2.30. The Balaban J connectivity index is 2.30. The van der Waals surface area contributed by atoms with Gasteiger partial charge in [-0.25, -0.2) is 0 Å². The van der Waals surface area contributed by atoms with Crippen LogP contribution < -0.4 is 4.74 Å². The van der Waals surface area contributed by atoms with Crippen molar-refractivity contribution >= 4 is 40.3 Å². The van der Waals surface area contributed by atoms with E-state index in [4.69, 9.17) is 17.0 Å². The van der Waals surface area contributed by atoms with E-state index >= 15 is 0 Å². The van der Waals surface area contributed by atoms with Crippen molar-refractivity contribution in [2.45, 2.75) is 0 Å². The molecule has 1 heterocycles. The summed E-state index contributed by atoms with van der Waals surface area (Å²) >= 11 is 6.41. The summed E-state index contributed by atoms with van der Waals surface area (Å²) in [7, 11) is 1.47. The maximum atomic E-state index is 12.2. The summed E-state index contributed by atoms with van der Waals surface area (Å²) in [5.41, 5.74) is 0.763. The number of thioether (sulfide) groups is 1. The molecular weight excluding hydrogens is 294 g/mol. The lowest BCUT2D eigenvalue weighted by Crippen LogP contribution is -2.27. The van der Waals surface area contributed by atoms with Crippen LogP contribution in [0.5, 0.6) is 11.5 Å². The number of phenolic OH excluding ortho intramolecular Hbond substituents is 1. The molecule has 0 spiro atoms. The van der Waals surface area contributed by atoms with E-state index < -0.39 is 0 Å². The number of methoxy groups -OCH3 is 1. The van der Waals surface area contributed by atoms with Gasteiger partial charge < -0.3 is 9.84 Å². The topological polar surface area (TPSA) is 49.8 Å². The van der Waals surface area contributed by atoms with Crippen molar-refractivity contribution < 1.29 is 14.6 Å². The van der Waals surface area contributed by atoms with Crippen LogP contribution >= 0.6 is 24.0 Å². The van der Waals surface area contributed by atoms with E-state index in [2.05, 4.69) is 6.58 Å². The summed E-state index contributed by atoms with van der Waals surface area (Å²) in [5.74, 6) is 0.288. The molecule has 0 bridgehead atoms. The summed E-state index contributed by atoms with van der Waals surface area (Å²) in [4.78, 5) is 14.2. The van der Waals surface area contributed by atoms with Crippen LogP contribution in [0.2, 0.25) is 0 Å². The van der Waals surface area contributed by atoms with Crippen LogP contribution in [0.25, 0.3) is 6.08 Å². The lowest BCUT2D eigenvalue weighted by Gasteiger charge is -2.10. The molecule has 1 aromatic carbocycles. The first-order valence-corrected chi connectivity index (χ1v) is 7.02. The van der Waals surface area contributed by atoms with Crippen molar-refractivity contribution in [1.29, 1.82) is 0 Å². The van der Waals surface area contributed by atoms with Gasteiger partial charge in [-0.05, 0) is 23.8 Å². The van der Waals surface area contributed by atoms with Gasteiger partial charge in [0.2, 0.25) is 0 Å². The molecule has 0 aliphatic carbocycles. The lowest BCUT2D eigenvalue weighted by molar-refractivity contribution is -0.121. The van der Waals surface area contributed by atoms with Crippen LogP contribution in [0, 0.1) is 0 Å². The molecule has 1 aliphatic rings. The summed E-state index contributed by atoms with van der Waals surface area (Å²) in [5, 5.41) is 9.54. The van der Waals surface area contributed by atoms with Crippen molar-refractivity contribution in [3.05, 3.63) is 41.3 Å². The van der Waals surface area contributed by atoms with Gasteiger partial charge in [0.15, 0.2) is 11.5 Å². The molecule has 1 amide bonds. The molecule has 6 heteroatoms. The number of rotatable bonds is 4. The average molecular weight is 307 g/mol.